The summed E-state index contributed by atoms with van der Waals surface area (Å²) in [5.74, 6) is -1.37. The topological polar surface area (TPSA) is 92.5 Å². The van der Waals surface area contributed by atoms with Crippen LogP contribution in [0.4, 0.5) is 4.39 Å². The van der Waals surface area contributed by atoms with Crippen LogP contribution in [0.3, 0.4) is 0 Å². The monoisotopic (exact) mass is 529 g/mol. The molecule has 0 saturated carbocycles. The van der Waals surface area contributed by atoms with E-state index in [4.69, 9.17) is 37.4 Å². The van der Waals surface area contributed by atoms with E-state index in [1.165, 1.54) is 17.0 Å². The molecule has 0 spiro atoms. The van der Waals surface area contributed by atoms with E-state index in [0.29, 0.717) is 11.1 Å². The summed E-state index contributed by atoms with van der Waals surface area (Å²) in [4.78, 5) is 33.6. The number of nitrogens with zero attached hydrogens (tertiary/aromatic N) is 3. The number of carbonyl (C=O) groups excluding carboxylic acids is 2. The van der Waals surface area contributed by atoms with E-state index in [9.17, 15) is 9.59 Å². The molecule has 1 saturated heterocycles. The Hall–Kier alpha value is -3.53. The van der Waals surface area contributed by atoms with Crippen LogP contribution >= 0.6 is 23.2 Å². The Labute approximate surface area is 214 Å². The molecule has 0 aliphatic carbocycles. The molecule has 0 radical (unpaired) electrons. The molecular weight excluding hydrogens is 512 g/mol. The first-order chi connectivity index (χ1) is 17.4. The van der Waals surface area contributed by atoms with Crippen molar-refractivity contribution in [3.05, 3.63) is 94.4 Å². The van der Waals surface area contributed by atoms with Crippen molar-refractivity contribution in [1.29, 1.82) is 0 Å². The van der Waals surface area contributed by atoms with Crippen LogP contribution in [0.2, 0.25) is 10.2 Å². The summed E-state index contributed by atoms with van der Waals surface area (Å²) >= 11 is 12.2. The number of esters is 2. The number of halogens is 3. The maximum atomic E-state index is 15.8. The summed E-state index contributed by atoms with van der Waals surface area (Å²) in [5, 5.41) is 0.320. The zero-order valence-electron chi connectivity index (χ0n) is 18.5. The molecule has 1 aliphatic rings. The van der Waals surface area contributed by atoms with Gasteiger partial charge in [-0.25, -0.2) is 23.9 Å². The summed E-state index contributed by atoms with van der Waals surface area (Å²) in [6.07, 6.45) is -4.34. The zero-order valence-corrected chi connectivity index (χ0v) is 20.0. The number of hydrogen-bond acceptors (Lipinski definition) is 7. The quantitative estimate of drug-likeness (QED) is 0.254. The minimum Gasteiger partial charge on any atom is -0.459 e. The second kappa shape index (κ2) is 10.2. The van der Waals surface area contributed by atoms with Crippen molar-refractivity contribution in [3.63, 3.8) is 0 Å². The number of rotatable bonds is 6. The molecule has 184 valence electrons. The van der Waals surface area contributed by atoms with E-state index in [-0.39, 0.29) is 28.0 Å². The van der Waals surface area contributed by atoms with E-state index in [1.807, 2.05) is 0 Å². The normalized spacial score (nSPS) is 21.4. The molecule has 4 atom stereocenters. The van der Waals surface area contributed by atoms with Crippen molar-refractivity contribution < 1.29 is 28.2 Å². The van der Waals surface area contributed by atoms with E-state index in [2.05, 4.69) is 9.97 Å². The van der Waals surface area contributed by atoms with Gasteiger partial charge in [-0.05, 0) is 30.3 Å². The van der Waals surface area contributed by atoms with Gasteiger partial charge in [0.05, 0.1) is 22.5 Å². The number of pyridine rings is 1. The van der Waals surface area contributed by atoms with Crippen LogP contribution in [0.5, 0.6) is 0 Å². The molecule has 1 fully saturated rings. The Morgan fingerprint density at radius 3 is 2.31 bits per heavy atom. The zero-order chi connectivity index (χ0) is 25.2. The van der Waals surface area contributed by atoms with E-state index in [0.717, 1.165) is 0 Å². The second-order valence-electron chi connectivity index (χ2n) is 7.96. The Bertz CT molecular complexity index is 1400. The van der Waals surface area contributed by atoms with Gasteiger partial charge in [-0.2, -0.15) is 0 Å². The van der Waals surface area contributed by atoms with E-state index < -0.39 is 36.5 Å². The summed E-state index contributed by atoms with van der Waals surface area (Å²) in [7, 11) is 0. The summed E-state index contributed by atoms with van der Waals surface area (Å²) in [6.45, 7) is -0.362. The van der Waals surface area contributed by atoms with Crippen LogP contribution in [0.1, 0.15) is 26.9 Å². The highest BCUT2D eigenvalue weighted by Gasteiger charge is 2.50. The lowest BCUT2D eigenvalue weighted by Gasteiger charge is -2.19. The highest BCUT2D eigenvalue weighted by Crippen LogP contribution is 2.37. The predicted octanol–water partition coefficient (Wildman–Crippen LogP) is 5.06. The fraction of sp³-hybridized carbons (Fsp3) is 0.200. The third-order valence-corrected chi connectivity index (χ3v) is 6.12. The summed E-state index contributed by atoms with van der Waals surface area (Å²) < 4.78 is 33.9. The van der Waals surface area contributed by atoms with Crippen molar-refractivity contribution in [1.82, 2.24) is 14.5 Å². The highest BCUT2D eigenvalue weighted by molar-refractivity contribution is 6.37. The van der Waals surface area contributed by atoms with Crippen LogP contribution in [0.25, 0.3) is 11.2 Å². The first-order valence-corrected chi connectivity index (χ1v) is 11.6. The summed E-state index contributed by atoms with van der Waals surface area (Å²) in [6, 6.07) is 17.9. The van der Waals surface area contributed by atoms with Gasteiger partial charge < -0.3 is 14.2 Å². The van der Waals surface area contributed by atoms with E-state index >= 15 is 4.39 Å². The summed E-state index contributed by atoms with van der Waals surface area (Å²) in [5.41, 5.74) is 1.04. The second-order valence-corrected chi connectivity index (χ2v) is 8.76. The van der Waals surface area contributed by atoms with Gasteiger partial charge in [0, 0.05) is 0 Å². The number of ether oxygens (including phenoxy) is 3. The number of carbonyl (C=O) groups is 2. The molecule has 2 aromatic carbocycles. The average molecular weight is 530 g/mol. The minimum absolute atomic E-state index is 0.0862. The Morgan fingerprint density at radius 1 is 1.00 bits per heavy atom. The number of aromatic nitrogens is 3. The van der Waals surface area contributed by atoms with Crippen molar-refractivity contribution >= 4 is 46.3 Å². The minimum atomic E-state index is -1.85. The molecule has 2 aromatic heterocycles. The Balaban J connectivity index is 1.42. The lowest BCUT2D eigenvalue weighted by Crippen LogP contribution is -2.37. The molecule has 0 unspecified atom stereocenters. The lowest BCUT2D eigenvalue weighted by atomic mass is 10.1. The number of fused-ring (bicyclic) bond motifs is 1. The lowest BCUT2D eigenvalue weighted by molar-refractivity contribution is -0.0570. The molecule has 4 aromatic rings. The molecule has 8 nitrogen and oxygen atoms in total. The van der Waals surface area contributed by atoms with Gasteiger partial charge in [0.1, 0.15) is 23.4 Å². The Kier molecular flexibility index (Phi) is 6.86. The molecular formula is C25H18Cl2FN3O5. The SMILES string of the molecule is O=C(OC[C@H]1O[C@@H](n2cnc3c(Cl)cc(Cl)nc32)[C@@H](F)[C@@H]1OC(=O)c1ccccc1)c1ccccc1. The van der Waals surface area contributed by atoms with Crippen molar-refractivity contribution in [3.8, 4) is 0 Å². The number of alkyl halides is 1. The fourth-order valence-corrected chi connectivity index (χ4v) is 4.38. The first-order valence-electron chi connectivity index (χ1n) is 10.9. The van der Waals surface area contributed by atoms with Crippen molar-refractivity contribution in [2.75, 3.05) is 6.61 Å². The molecule has 1 aliphatic heterocycles. The van der Waals surface area contributed by atoms with Gasteiger partial charge in [0.15, 0.2) is 24.2 Å². The smallest absolute Gasteiger partial charge is 0.338 e. The molecule has 3 heterocycles. The van der Waals surface area contributed by atoms with Gasteiger partial charge in [-0.15, -0.1) is 0 Å². The number of benzene rings is 2. The van der Waals surface area contributed by atoms with E-state index in [1.54, 1.807) is 60.7 Å². The van der Waals surface area contributed by atoms with Crippen LogP contribution in [-0.2, 0) is 14.2 Å². The maximum Gasteiger partial charge on any atom is 0.338 e. The van der Waals surface area contributed by atoms with Crippen LogP contribution < -0.4 is 0 Å². The average Bonchev–Trinajstić information content (AvgIpc) is 3.44. The van der Waals surface area contributed by atoms with Crippen LogP contribution in [0.15, 0.2) is 73.1 Å². The van der Waals surface area contributed by atoms with Gasteiger partial charge in [0.2, 0.25) is 0 Å². The Morgan fingerprint density at radius 2 is 1.64 bits per heavy atom. The largest absolute Gasteiger partial charge is 0.459 e. The molecule has 0 N–H and O–H groups in total. The molecule has 5 rings (SSSR count). The van der Waals surface area contributed by atoms with Crippen molar-refractivity contribution in [2.24, 2.45) is 0 Å². The molecule has 11 heteroatoms. The number of imidazole rings is 1. The van der Waals surface area contributed by atoms with Gasteiger partial charge in [0.25, 0.3) is 0 Å². The van der Waals surface area contributed by atoms with Gasteiger partial charge >= 0.3 is 11.9 Å². The van der Waals surface area contributed by atoms with Gasteiger partial charge in [-0.3, -0.25) is 4.57 Å². The van der Waals surface area contributed by atoms with Crippen molar-refractivity contribution in [2.45, 2.75) is 24.6 Å². The standard InChI is InChI=1S/C25H18Cl2FN3O5/c26-16-11-18(27)30-22-20(16)29-13-31(22)23-19(28)21(36-25(33)15-9-5-2-6-10-15)17(35-23)12-34-24(32)14-7-3-1-4-8-14/h1-11,13,17,19,21,23H,12H2/t17-,19+,21-,23-/m1/s1. The fourth-order valence-electron chi connectivity index (χ4n) is 3.90. The third kappa shape index (κ3) is 4.77. The highest BCUT2D eigenvalue weighted by atomic mass is 35.5. The maximum absolute atomic E-state index is 15.8. The molecule has 0 amide bonds. The molecule has 36 heavy (non-hydrogen) atoms. The molecule has 0 bridgehead atoms. The van der Waals surface area contributed by atoms with Crippen LogP contribution in [-0.4, -0.2) is 51.5 Å². The number of hydrogen-bond donors (Lipinski definition) is 0. The third-order valence-electron chi connectivity index (χ3n) is 5.63. The van der Waals surface area contributed by atoms with Gasteiger partial charge in [-0.1, -0.05) is 59.6 Å². The first kappa shape index (κ1) is 24.2. The van der Waals surface area contributed by atoms with Crippen LogP contribution in [0, 0.1) is 0 Å². The predicted molar refractivity (Wildman–Crippen MR) is 129 cm³/mol.